The summed E-state index contributed by atoms with van der Waals surface area (Å²) in [6.45, 7) is -0.0345. The fourth-order valence-corrected chi connectivity index (χ4v) is 2.44. The Balaban J connectivity index is 1.93. The molecule has 5 nitrogen and oxygen atoms in total. The first-order valence-corrected chi connectivity index (χ1v) is 6.87. The Labute approximate surface area is 119 Å². The van der Waals surface area contributed by atoms with Gasteiger partial charge in [0.2, 0.25) is 5.75 Å². The van der Waals surface area contributed by atoms with Crippen LogP contribution in [0.4, 0.5) is 0 Å². The second-order valence-corrected chi connectivity index (χ2v) is 4.83. The molecule has 0 radical (unpaired) electrons. The maximum absolute atomic E-state index is 11.9. The van der Waals surface area contributed by atoms with Crippen LogP contribution in [0.15, 0.2) is 18.2 Å². The van der Waals surface area contributed by atoms with E-state index in [1.807, 2.05) is 6.07 Å². The summed E-state index contributed by atoms with van der Waals surface area (Å²) in [5.41, 5.74) is 0. The monoisotopic (exact) mass is 279 g/mol. The number of para-hydroxylation sites is 1. The smallest absolute Gasteiger partial charge is 0.258 e. The number of ether oxygens (including phenoxy) is 3. The molecule has 1 amide bonds. The predicted molar refractivity (Wildman–Crippen MR) is 75.4 cm³/mol. The topological polar surface area (TPSA) is 56.8 Å². The normalized spacial score (nSPS) is 14.9. The molecule has 1 aromatic carbocycles. The highest BCUT2D eigenvalue weighted by Gasteiger charge is 2.18. The summed E-state index contributed by atoms with van der Waals surface area (Å²) in [4.78, 5) is 11.9. The molecule has 0 unspecified atom stereocenters. The molecule has 1 N–H and O–H groups in total. The predicted octanol–water partition coefficient (Wildman–Crippen LogP) is 2.14. The minimum absolute atomic E-state index is 0.0345. The highest BCUT2D eigenvalue weighted by molar-refractivity contribution is 5.78. The van der Waals surface area contributed by atoms with Gasteiger partial charge in [0.05, 0.1) is 14.2 Å². The Morgan fingerprint density at radius 2 is 1.80 bits per heavy atom. The molecule has 0 bridgehead atoms. The minimum Gasteiger partial charge on any atom is -0.493 e. The maximum Gasteiger partial charge on any atom is 0.258 e. The van der Waals surface area contributed by atoms with Gasteiger partial charge in [-0.25, -0.2) is 0 Å². The van der Waals surface area contributed by atoms with Crippen molar-refractivity contribution in [2.45, 2.75) is 31.7 Å². The lowest BCUT2D eigenvalue weighted by Crippen LogP contribution is -2.36. The summed E-state index contributed by atoms with van der Waals surface area (Å²) in [6.07, 6.45) is 4.49. The van der Waals surface area contributed by atoms with E-state index < -0.39 is 0 Å². The lowest BCUT2D eigenvalue weighted by Gasteiger charge is -2.15. The second kappa shape index (κ2) is 7.03. The Bertz CT molecular complexity index is 433. The first-order chi connectivity index (χ1) is 9.74. The molecule has 0 aliphatic heterocycles. The van der Waals surface area contributed by atoms with Gasteiger partial charge in [0.25, 0.3) is 5.91 Å². The van der Waals surface area contributed by atoms with E-state index in [4.69, 9.17) is 14.2 Å². The van der Waals surface area contributed by atoms with Crippen LogP contribution in [0.5, 0.6) is 17.2 Å². The van der Waals surface area contributed by atoms with Crippen LogP contribution in [0.2, 0.25) is 0 Å². The van der Waals surface area contributed by atoms with Crippen LogP contribution in [0.1, 0.15) is 25.7 Å². The third-order valence-electron chi connectivity index (χ3n) is 3.45. The van der Waals surface area contributed by atoms with Gasteiger partial charge in [0.15, 0.2) is 18.1 Å². The fourth-order valence-electron chi connectivity index (χ4n) is 2.44. The third kappa shape index (κ3) is 3.56. The molecule has 20 heavy (non-hydrogen) atoms. The number of amides is 1. The van der Waals surface area contributed by atoms with Crippen LogP contribution in [-0.2, 0) is 4.79 Å². The largest absolute Gasteiger partial charge is 0.493 e. The quantitative estimate of drug-likeness (QED) is 0.867. The highest BCUT2D eigenvalue weighted by Crippen LogP contribution is 2.36. The van der Waals surface area contributed by atoms with Crippen molar-refractivity contribution < 1.29 is 19.0 Å². The van der Waals surface area contributed by atoms with Gasteiger partial charge < -0.3 is 19.5 Å². The average Bonchev–Trinajstić information content (AvgIpc) is 2.97. The molecule has 0 atom stereocenters. The van der Waals surface area contributed by atoms with Crippen LogP contribution in [0.25, 0.3) is 0 Å². The Kier molecular flexibility index (Phi) is 5.09. The van der Waals surface area contributed by atoms with E-state index in [1.54, 1.807) is 26.4 Å². The van der Waals surface area contributed by atoms with Crippen LogP contribution < -0.4 is 19.5 Å². The summed E-state index contributed by atoms with van der Waals surface area (Å²) >= 11 is 0. The summed E-state index contributed by atoms with van der Waals surface area (Å²) in [5.74, 6) is 1.46. The molecular weight excluding hydrogens is 258 g/mol. The SMILES string of the molecule is COc1cccc(OC)c1OCC(=O)NC1CCCC1. The van der Waals surface area contributed by atoms with E-state index in [2.05, 4.69) is 5.32 Å². The molecule has 0 saturated heterocycles. The van der Waals surface area contributed by atoms with E-state index in [-0.39, 0.29) is 12.5 Å². The number of nitrogens with one attached hydrogen (secondary N) is 1. The van der Waals surface area contributed by atoms with E-state index in [9.17, 15) is 4.79 Å². The van der Waals surface area contributed by atoms with Crippen molar-refractivity contribution >= 4 is 5.91 Å². The Hall–Kier alpha value is -1.91. The molecule has 1 saturated carbocycles. The Morgan fingerprint density at radius 1 is 1.20 bits per heavy atom. The van der Waals surface area contributed by atoms with Crippen molar-refractivity contribution in [3.05, 3.63) is 18.2 Å². The van der Waals surface area contributed by atoms with Gasteiger partial charge >= 0.3 is 0 Å². The number of rotatable bonds is 6. The zero-order chi connectivity index (χ0) is 14.4. The molecule has 1 aliphatic carbocycles. The van der Waals surface area contributed by atoms with Gasteiger partial charge in [-0.15, -0.1) is 0 Å². The zero-order valence-electron chi connectivity index (χ0n) is 12.0. The summed E-state index contributed by atoms with van der Waals surface area (Å²) in [7, 11) is 3.11. The molecule has 110 valence electrons. The molecule has 0 heterocycles. The van der Waals surface area contributed by atoms with E-state index in [0.717, 1.165) is 12.8 Å². The summed E-state index contributed by atoms with van der Waals surface area (Å²) < 4.78 is 16.0. The number of carbonyl (C=O) groups is 1. The second-order valence-electron chi connectivity index (χ2n) is 4.83. The van der Waals surface area contributed by atoms with Crippen molar-refractivity contribution in [1.82, 2.24) is 5.32 Å². The number of methoxy groups -OCH3 is 2. The zero-order valence-corrected chi connectivity index (χ0v) is 12.0. The van der Waals surface area contributed by atoms with Crippen molar-refractivity contribution in [1.29, 1.82) is 0 Å². The van der Waals surface area contributed by atoms with E-state index in [0.29, 0.717) is 23.3 Å². The van der Waals surface area contributed by atoms with Gasteiger partial charge in [-0.05, 0) is 25.0 Å². The van der Waals surface area contributed by atoms with Crippen LogP contribution >= 0.6 is 0 Å². The molecular formula is C15H21NO4. The maximum atomic E-state index is 11.9. The molecule has 1 fully saturated rings. The number of benzene rings is 1. The number of hydrogen-bond acceptors (Lipinski definition) is 4. The van der Waals surface area contributed by atoms with E-state index in [1.165, 1.54) is 12.8 Å². The molecule has 0 spiro atoms. The van der Waals surface area contributed by atoms with Gasteiger partial charge in [0.1, 0.15) is 0 Å². The molecule has 5 heteroatoms. The first-order valence-electron chi connectivity index (χ1n) is 6.87. The number of carbonyl (C=O) groups excluding carboxylic acids is 1. The summed E-state index contributed by atoms with van der Waals surface area (Å²) in [5, 5.41) is 2.98. The molecule has 0 aromatic heterocycles. The van der Waals surface area contributed by atoms with Crippen molar-refractivity contribution in [2.24, 2.45) is 0 Å². The van der Waals surface area contributed by atoms with Gasteiger partial charge in [0, 0.05) is 6.04 Å². The van der Waals surface area contributed by atoms with Crippen molar-refractivity contribution in [3.8, 4) is 17.2 Å². The molecule has 1 aromatic rings. The third-order valence-corrected chi connectivity index (χ3v) is 3.45. The lowest BCUT2D eigenvalue weighted by molar-refractivity contribution is -0.123. The van der Waals surface area contributed by atoms with Crippen molar-refractivity contribution in [3.63, 3.8) is 0 Å². The van der Waals surface area contributed by atoms with Crippen LogP contribution in [-0.4, -0.2) is 32.8 Å². The summed E-state index contributed by atoms with van der Waals surface area (Å²) in [6, 6.07) is 5.65. The Morgan fingerprint density at radius 3 is 2.35 bits per heavy atom. The van der Waals surface area contributed by atoms with Crippen LogP contribution in [0.3, 0.4) is 0 Å². The average molecular weight is 279 g/mol. The number of hydrogen-bond donors (Lipinski definition) is 1. The standard InChI is InChI=1S/C15H21NO4/c1-18-12-8-5-9-13(19-2)15(12)20-10-14(17)16-11-6-3-4-7-11/h5,8-9,11H,3-4,6-7,10H2,1-2H3,(H,16,17). The lowest BCUT2D eigenvalue weighted by atomic mass is 10.2. The fraction of sp³-hybridized carbons (Fsp3) is 0.533. The highest BCUT2D eigenvalue weighted by atomic mass is 16.5. The van der Waals surface area contributed by atoms with Gasteiger partial charge in [-0.1, -0.05) is 18.9 Å². The first kappa shape index (κ1) is 14.5. The molecule has 1 aliphatic rings. The van der Waals surface area contributed by atoms with Gasteiger partial charge in [-0.2, -0.15) is 0 Å². The van der Waals surface area contributed by atoms with Crippen molar-refractivity contribution in [2.75, 3.05) is 20.8 Å². The minimum atomic E-state index is -0.107. The molecule has 2 rings (SSSR count). The van der Waals surface area contributed by atoms with Crippen LogP contribution in [0, 0.1) is 0 Å². The van der Waals surface area contributed by atoms with Gasteiger partial charge in [-0.3, -0.25) is 4.79 Å². The van der Waals surface area contributed by atoms with E-state index >= 15 is 0 Å².